The molecule has 122 valence electrons. The summed E-state index contributed by atoms with van der Waals surface area (Å²) in [7, 11) is 1.73. The van der Waals surface area contributed by atoms with Gasteiger partial charge in [-0.05, 0) is 24.4 Å². The lowest BCUT2D eigenvalue weighted by Gasteiger charge is -2.06. The molecule has 0 atom stereocenters. The number of hydrogen-bond donors (Lipinski definition) is 2. The summed E-state index contributed by atoms with van der Waals surface area (Å²) in [5.74, 6) is -0.202. The summed E-state index contributed by atoms with van der Waals surface area (Å²) in [4.78, 5) is 0. The van der Waals surface area contributed by atoms with Gasteiger partial charge in [-0.15, -0.1) is 0 Å². The second kappa shape index (κ2) is 7.23. The van der Waals surface area contributed by atoms with Crippen LogP contribution in [0.15, 0.2) is 59.8 Å². The van der Waals surface area contributed by atoms with Gasteiger partial charge in [0.1, 0.15) is 5.82 Å². The van der Waals surface area contributed by atoms with Gasteiger partial charge in [0.25, 0.3) is 0 Å². The molecule has 0 radical (unpaired) electrons. The minimum absolute atomic E-state index is 0.202. The molecule has 0 fully saturated rings. The van der Waals surface area contributed by atoms with Gasteiger partial charge in [-0.3, -0.25) is 5.43 Å². The molecule has 0 bridgehead atoms. The van der Waals surface area contributed by atoms with E-state index in [9.17, 15) is 4.39 Å². The molecule has 0 saturated carbocycles. The van der Waals surface area contributed by atoms with Crippen molar-refractivity contribution in [3.63, 3.8) is 0 Å². The smallest absolute Gasteiger partial charge is 0.186 e. The zero-order valence-corrected chi connectivity index (χ0v) is 14.0. The first-order valence-corrected chi connectivity index (χ1v) is 7.92. The van der Waals surface area contributed by atoms with Gasteiger partial charge in [0, 0.05) is 35.3 Å². The molecule has 0 amide bonds. The van der Waals surface area contributed by atoms with E-state index in [4.69, 9.17) is 12.2 Å². The Morgan fingerprint density at radius 1 is 1.21 bits per heavy atom. The number of aromatic nitrogens is 1. The van der Waals surface area contributed by atoms with Crippen LogP contribution in [0.1, 0.15) is 11.1 Å². The maximum atomic E-state index is 13.9. The first-order valence-electron chi connectivity index (χ1n) is 7.51. The number of halogens is 1. The molecular weight excluding hydrogens is 323 g/mol. The number of nitrogens with zero attached hydrogens (tertiary/aromatic N) is 2. The van der Waals surface area contributed by atoms with Crippen LogP contribution in [0.2, 0.25) is 0 Å². The van der Waals surface area contributed by atoms with Gasteiger partial charge in [-0.1, -0.05) is 36.4 Å². The molecule has 24 heavy (non-hydrogen) atoms. The van der Waals surface area contributed by atoms with Crippen molar-refractivity contribution in [3.05, 3.63) is 71.7 Å². The van der Waals surface area contributed by atoms with Crippen molar-refractivity contribution >= 4 is 34.4 Å². The number of fused-ring (bicyclic) bond motifs is 1. The van der Waals surface area contributed by atoms with Crippen molar-refractivity contribution in [1.29, 1.82) is 0 Å². The van der Waals surface area contributed by atoms with E-state index in [-0.39, 0.29) is 5.82 Å². The van der Waals surface area contributed by atoms with Crippen molar-refractivity contribution in [2.45, 2.75) is 6.54 Å². The fraction of sp³-hybridized carbons (Fsp3) is 0.111. The van der Waals surface area contributed by atoms with Gasteiger partial charge in [-0.2, -0.15) is 5.10 Å². The Morgan fingerprint density at radius 2 is 1.96 bits per heavy atom. The van der Waals surface area contributed by atoms with E-state index in [0.717, 1.165) is 16.5 Å². The molecular formula is C18H17FN4S. The highest BCUT2D eigenvalue weighted by molar-refractivity contribution is 7.80. The zero-order chi connectivity index (χ0) is 16.9. The van der Waals surface area contributed by atoms with Gasteiger partial charge in [0.05, 0.1) is 12.8 Å². The van der Waals surface area contributed by atoms with Gasteiger partial charge < -0.3 is 9.88 Å². The standard InChI is InChI=1S/C18H17FN4S/c1-20-18(24)22-21-10-14-12-23(17-9-5-3-7-15(14)17)11-13-6-2-4-8-16(13)19/h2-10,12H,11H2,1H3,(H2,20,22,24)/b21-10-. The molecule has 3 aromatic rings. The topological polar surface area (TPSA) is 41.4 Å². The molecule has 0 saturated heterocycles. The SMILES string of the molecule is CNC(=S)N/N=C\c1cn(Cc2ccccc2F)c2ccccc12. The largest absolute Gasteiger partial charge is 0.364 e. The Labute approximate surface area is 145 Å². The molecule has 3 rings (SSSR count). The van der Waals surface area contributed by atoms with Gasteiger partial charge in [-0.25, -0.2) is 4.39 Å². The van der Waals surface area contributed by atoms with Crippen LogP contribution >= 0.6 is 12.2 Å². The number of rotatable bonds is 4. The van der Waals surface area contributed by atoms with Crippen molar-refractivity contribution in [2.24, 2.45) is 5.10 Å². The highest BCUT2D eigenvalue weighted by Crippen LogP contribution is 2.21. The lowest BCUT2D eigenvalue weighted by atomic mass is 10.2. The van der Waals surface area contributed by atoms with E-state index in [1.165, 1.54) is 6.07 Å². The normalized spacial score (nSPS) is 11.1. The monoisotopic (exact) mass is 340 g/mol. The summed E-state index contributed by atoms with van der Waals surface area (Å²) in [6, 6.07) is 14.8. The molecule has 2 N–H and O–H groups in total. The summed E-state index contributed by atoms with van der Waals surface area (Å²) < 4.78 is 16.0. The van der Waals surface area contributed by atoms with E-state index >= 15 is 0 Å². The second-order valence-corrected chi connectivity index (χ2v) is 5.68. The van der Waals surface area contributed by atoms with Gasteiger partial charge in [0.15, 0.2) is 5.11 Å². The molecule has 1 aromatic heterocycles. The minimum Gasteiger partial charge on any atom is -0.364 e. The Kier molecular flexibility index (Phi) is 4.86. The molecule has 0 spiro atoms. The summed E-state index contributed by atoms with van der Waals surface area (Å²) in [6.45, 7) is 0.462. The average molecular weight is 340 g/mol. The summed E-state index contributed by atoms with van der Waals surface area (Å²) in [6.07, 6.45) is 3.68. The Balaban J connectivity index is 1.94. The van der Waals surface area contributed by atoms with Crippen LogP contribution in [0.4, 0.5) is 4.39 Å². The van der Waals surface area contributed by atoms with Crippen LogP contribution in [-0.2, 0) is 6.54 Å². The number of hydrazone groups is 1. The van der Waals surface area contributed by atoms with Crippen molar-refractivity contribution in [2.75, 3.05) is 7.05 Å². The van der Waals surface area contributed by atoms with Crippen LogP contribution in [0.5, 0.6) is 0 Å². The van der Waals surface area contributed by atoms with Crippen molar-refractivity contribution < 1.29 is 4.39 Å². The first-order chi connectivity index (χ1) is 11.7. The highest BCUT2D eigenvalue weighted by atomic mass is 32.1. The van der Waals surface area contributed by atoms with E-state index in [2.05, 4.69) is 15.8 Å². The molecule has 0 aliphatic rings. The molecule has 0 aliphatic heterocycles. The quantitative estimate of drug-likeness (QED) is 0.435. The first kappa shape index (κ1) is 16.1. The number of thiocarbonyl (C=S) groups is 1. The van der Waals surface area contributed by atoms with Crippen LogP contribution in [0, 0.1) is 5.82 Å². The number of hydrogen-bond acceptors (Lipinski definition) is 2. The van der Waals surface area contributed by atoms with Crippen molar-refractivity contribution in [3.8, 4) is 0 Å². The Bertz CT molecular complexity index is 901. The van der Waals surface area contributed by atoms with E-state index in [0.29, 0.717) is 17.2 Å². The second-order valence-electron chi connectivity index (χ2n) is 5.27. The third-order valence-corrected chi connectivity index (χ3v) is 4.01. The fourth-order valence-electron chi connectivity index (χ4n) is 2.54. The van der Waals surface area contributed by atoms with Gasteiger partial charge in [0.2, 0.25) is 0 Å². The van der Waals surface area contributed by atoms with Crippen LogP contribution in [0.3, 0.4) is 0 Å². The summed E-state index contributed by atoms with van der Waals surface area (Å²) >= 11 is 4.99. The molecule has 6 heteroatoms. The lowest BCUT2D eigenvalue weighted by Crippen LogP contribution is -2.28. The maximum Gasteiger partial charge on any atom is 0.186 e. The number of benzene rings is 2. The van der Waals surface area contributed by atoms with E-state index < -0.39 is 0 Å². The Hall–Kier alpha value is -2.73. The predicted octanol–water partition coefficient (Wildman–Crippen LogP) is 3.26. The van der Waals surface area contributed by atoms with Crippen LogP contribution in [0.25, 0.3) is 10.9 Å². The molecule has 2 aromatic carbocycles. The van der Waals surface area contributed by atoms with Crippen LogP contribution in [-0.4, -0.2) is 22.9 Å². The minimum atomic E-state index is -0.202. The highest BCUT2D eigenvalue weighted by Gasteiger charge is 2.09. The fourth-order valence-corrected chi connectivity index (χ4v) is 2.59. The van der Waals surface area contributed by atoms with E-state index in [1.807, 2.05) is 41.1 Å². The third-order valence-electron chi connectivity index (χ3n) is 3.71. The predicted molar refractivity (Wildman–Crippen MR) is 99.8 cm³/mol. The lowest BCUT2D eigenvalue weighted by molar-refractivity contribution is 0.602. The molecule has 0 unspecified atom stereocenters. The van der Waals surface area contributed by atoms with Crippen LogP contribution < -0.4 is 10.7 Å². The van der Waals surface area contributed by atoms with E-state index in [1.54, 1.807) is 25.4 Å². The third kappa shape index (κ3) is 3.44. The molecule has 1 heterocycles. The zero-order valence-electron chi connectivity index (χ0n) is 13.2. The summed E-state index contributed by atoms with van der Waals surface area (Å²) in [5.41, 5.74) is 5.35. The maximum absolute atomic E-state index is 13.9. The Morgan fingerprint density at radius 3 is 2.75 bits per heavy atom. The number of nitrogens with one attached hydrogen (secondary N) is 2. The summed E-state index contributed by atoms with van der Waals surface area (Å²) in [5, 5.41) is 8.42. The van der Waals surface area contributed by atoms with Crippen molar-refractivity contribution in [1.82, 2.24) is 15.3 Å². The molecule has 0 aliphatic carbocycles. The molecule has 4 nitrogen and oxygen atoms in total. The number of para-hydroxylation sites is 1. The average Bonchev–Trinajstić information content (AvgIpc) is 2.95. The van der Waals surface area contributed by atoms with Gasteiger partial charge >= 0.3 is 0 Å².